The van der Waals surface area contributed by atoms with Crippen LogP contribution in [0.15, 0.2) is 41.5 Å². The van der Waals surface area contributed by atoms with Gasteiger partial charge in [0.15, 0.2) is 0 Å². The van der Waals surface area contributed by atoms with Crippen molar-refractivity contribution >= 4 is 35.3 Å². The maximum Gasteiger partial charge on any atom is 0.326 e. The number of nitrogens with one attached hydrogen (secondary N) is 3. The van der Waals surface area contributed by atoms with E-state index in [4.69, 9.17) is 0 Å². The van der Waals surface area contributed by atoms with Gasteiger partial charge in [-0.3, -0.25) is 14.5 Å². The van der Waals surface area contributed by atoms with Crippen LogP contribution in [0.1, 0.15) is 30.4 Å². The molecule has 1 aromatic carbocycles. The van der Waals surface area contributed by atoms with Crippen LogP contribution in [0.25, 0.3) is 0 Å². The number of piperidine rings is 2. The first-order chi connectivity index (χ1) is 16.4. The SMILES string of the molecule is C=CC(=O)N1CCC[C@@H](NC(=O)C2=C3NC(=O)N(c4ccc(C)cc4C)C4CCNC(S2)C34)C1. The molecule has 4 aliphatic rings. The second-order valence-electron chi connectivity index (χ2n) is 9.51. The second kappa shape index (κ2) is 9.11. The van der Waals surface area contributed by atoms with Crippen molar-refractivity contribution in [3.63, 3.8) is 0 Å². The summed E-state index contributed by atoms with van der Waals surface area (Å²) < 4.78 is 0. The summed E-state index contributed by atoms with van der Waals surface area (Å²) in [5, 5.41) is 9.76. The molecule has 3 N–H and O–H groups in total. The highest BCUT2D eigenvalue weighted by molar-refractivity contribution is 8.04. The second-order valence-corrected chi connectivity index (χ2v) is 10.7. The van der Waals surface area contributed by atoms with Crippen molar-refractivity contribution in [3.8, 4) is 0 Å². The lowest BCUT2D eigenvalue weighted by Gasteiger charge is -2.46. The number of carbonyl (C=O) groups is 3. The number of rotatable bonds is 4. The lowest BCUT2D eigenvalue weighted by Crippen LogP contribution is -2.62. The summed E-state index contributed by atoms with van der Waals surface area (Å²) in [7, 11) is 0. The molecule has 0 saturated carbocycles. The van der Waals surface area contributed by atoms with E-state index in [2.05, 4.69) is 28.6 Å². The predicted molar refractivity (Wildman–Crippen MR) is 133 cm³/mol. The van der Waals surface area contributed by atoms with Gasteiger partial charge in [-0.2, -0.15) is 0 Å². The quantitative estimate of drug-likeness (QED) is 0.574. The summed E-state index contributed by atoms with van der Waals surface area (Å²) >= 11 is 1.50. The van der Waals surface area contributed by atoms with E-state index in [1.54, 1.807) is 4.90 Å². The molecule has 0 aliphatic carbocycles. The van der Waals surface area contributed by atoms with Gasteiger partial charge in [-0.05, 0) is 57.4 Å². The standard InChI is InChI=1S/C25H31N5O3S/c1-4-19(31)29-11-5-6-16(13-29)27-23(32)22-21-20-18(9-10-26-24(20)34-22)30(25(33)28-21)17-8-7-14(2)12-15(17)3/h4,7-8,12,16,18,20,24,26H,1,5-6,9-11,13H2,2-3H3,(H,27,32)(H,28,33)/t16-,18?,20?,24?/m1/s1. The molecule has 8 nitrogen and oxygen atoms in total. The molecular weight excluding hydrogens is 450 g/mol. The minimum absolute atomic E-state index is 0.00964. The molecule has 4 amide bonds. The maximum absolute atomic E-state index is 13.3. The third kappa shape index (κ3) is 4.01. The van der Waals surface area contributed by atoms with E-state index >= 15 is 0 Å². The summed E-state index contributed by atoms with van der Waals surface area (Å²) in [4.78, 5) is 42.9. The number of urea groups is 1. The van der Waals surface area contributed by atoms with E-state index in [1.165, 1.54) is 17.8 Å². The van der Waals surface area contributed by atoms with Crippen LogP contribution in [-0.4, -0.2) is 59.8 Å². The van der Waals surface area contributed by atoms with Crippen molar-refractivity contribution in [1.29, 1.82) is 0 Å². The zero-order valence-corrected chi connectivity index (χ0v) is 20.4. The first-order valence-corrected chi connectivity index (χ1v) is 12.8. The van der Waals surface area contributed by atoms with Gasteiger partial charge in [-0.15, -0.1) is 0 Å². The lowest BCUT2D eigenvalue weighted by molar-refractivity contribution is -0.128. The van der Waals surface area contributed by atoms with Crippen LogP contribution in [0.5, 0.6) is 0 Å². The first kappa shape index (κ1) is 23.0. The number of benzene rings is 1. The van der Waals surface area contributed by atoms with Crippen LogP contribution in [0.2, 0.25) is 0 Å². The van der Waals surface area contributed by atoms with Crippen molar-refractivity contribution < 1.29 is 14.4 Å². The van der Waals surface area contributed by atoms with Gasteiger partial charge in [0.1, 0.15) is 0 Å². The number of hydrogen-bond donors (Lipinski definition) is 3. The molecule has 3 saturated heterocycles. The molecule has 0 aromatic heterocycles. The van der Waals surface area contributed by atoms with Crippen LogP contribution in [0.4, 0.5) is 10.5 Å². The van der Waals surface area contributed by atoms with Crippen LogP contribution < -0.4 is 20.9 Å². The summed E-state index contributed by atoms with van der Waals surface area (Å²) in [5.41, 5.74) is 3.88. The van der Waals surface area contributed by atoms with Crippen LogP contribution in [-0.2, 0) is 9.59 Å². The average Bonchev–Trinajstić information content (AvgIpc) is 3.19. The Morgan fingerprint density at radius 2 is 2.09 bits per heavy atom. The molecule has 0 radical (unpaired) electrons. The van der Waals surface area contributed by atoms with Crippen molar-refractivity contribution in [2.24, 2.45) is 5.92 Å². The zero-order valence-electron chi connectivity index (χ0n) is 19.6. The Labute approximate surface area is 204 Å². The summed E-state index contributed by atoms with van der Waals surface area (Å²) in [5.74, 6) is -0.267. The van der Waals surface area contributed by atoms with E-state index in [1.807, 2.05) is 30.9 Å². The number of anilines is 1. The number of nitrogens with zero attached hydrogens (tertiary/aromatic N) is 2. The molecule has 3 fully saturated rings. The van der Waals surface area contributed by atoms with Gasteiger partial charge in [0.2, 0.25) is 5.91 Å². The summed E-state index contributed by atoms with van der Waals surface area (Å²) in [6, 6.07) is 5.84. The fraction of sp³-hybridized carbons (Fsp3) is 0.480. The molecule has 1 aromatic rings. The normalized spacial score (nSPS) is 28.4. The Balaban J connectivity index is 1.39. The highest BCUT2D eigenvalue weighted by Crippen LogP contribution is 2.48. The molecule has 0 spiro atoms. The van der Waals surface area contributed by atoms with E-state index < -0.39 is 0 Å². The number of likely N-dealkylation sites (tertiary alicyclic amines) is 1. The van der Waals surface area contributed by atoms with Gasteiger partial charge in [-0.1, -0.05) is 36.0 Å². The molecular formula is C25H31N5O3S. The van der Waals surface area contributed by atoms with Gasteiger partial charge in [0, 0.05) is 36.4 Å². The zero-order chi connectivity index (χ0) is 24.0. The maximum atomic E-state index is 13.3. The molecule has 4 heterocycles. The van der Waals surface area contributed by atoms with Crippen LogP contribution in [0, 0.1) is 19.8 Å². The van der Waals surface area contributed by atoms with Crippen molar-refractivity contribution in [3.05, 3.63) is 52.6 Å². The third-order valence-corrected chi connectivity index (χ3v) is 8.56. The first-order valence-electron chi connectivity index (χ1n) is 11.9. The molecule has 4 atom stereocenters. The lowest BCUT2D eigenvalue weighted by atomic mass is 9.86. The van der Waals surface area contributed by atoms with Gasteiger partial charge < -0.3 is 20.9 Å². The van der Waals surface area contributed by atoms with Gasteiger partial charge in [0.25, 0.3) is 5.91 Å². The Morgan fingerprint density at radius 3 is 2.85 bits per heavy atom. The fourth-order valence-electron chi connectivity index (χ4n) is 5.65. The smallest absolute Gasteiger partial charge is 0.326 e. The Bertz CT molecular complexity index is 1090. The molecule has 34 heavy (non-hydrogen) atoms. The number of aryl methyl sites for hydroxylation is 2. The third-order valence-electron chi connectivity index (χ3n) is 7.20. The topological polar surface area (TPSA) is 93.8 Å². The highest BCUT2D eigenvalue weighted by atomic mass is 32.2. The van der Waals surface area contributed by atoms with Crippen molar-refractivity contribution in [2.75, 3.05) is 24.5 Å². The van der Waals surface area contributed by atoms with Crippen LogP contribution in [0.3, 0.4) is 0 Å². The van der Waals surface area contributed by atoms with Crippen LogP contribution >= 0.6 is 11.8 Å². The number of thioether (sulfide) groups is 1. The Morgan fingerprint density at radius 1 is 1.26 bits per heavy atom. The summed E-state index contributed by atoms with van der Waals surface area (Å²) in [6.07, 6.45) is 3.79. The molecule has 5 rings (SSSR count). The monoisotopic (exact) mass is 481 g/mol. The molecule has 180 valence electrons. The molecule has 0 bridgehead atoms. The minimum Gasteiger partial charge on any atom is -0.347 e. The van der Waals surface area contributed by atoms with Gasteiger partial charge in [-0.25, -0.2) is 4.79 Å². The number of carbonyl (C=O) groups excluding carboxylic acids is 3. The van der Waals surface area contributed by atoms with Gasteiger partial charge >= 0.3 is 6.03 Å². The van der Waals surface area contributed by atoms with E-state index in [0.717, 1.165) is 48.3 Å². The largest absolute Gasteiger partial charge is 0.347 e. The van der Waals surface area contributed by atoms with Crippen molar-refractivity contribution in [2.45, 2.75) is 50.6 Å². The Kier molecular flexibility index (Phi) is 6.16. The van der Waals surface area contributed by atoms with Crippen molar-refractivity contribution in [1.82, 2.24) is 20.9 Å². The molecule has 9 heteroatoms. The minimum atomic E-state index is -0.183. The van der Waals surface area contributed by atoms with E-state index in [-0.39, 0.29) is 41.2 Å². The predicted octanol–water partition coefficient (Wildman–Crippen LogP) is 2.39. The van der Waals surface area contributed by atoms with Gasteiger partial charge in [0.05, 0.1) is 16.3 Å². The number of hydrogen-bond acceptors (Lipinski definition) is 5. The Hall–Kier alpha value is -2.78. The highest BCUT2D eigenvalue weighted by Gasteiger charge is 2.52. The average molecular weight is 482 g/mol. The van der Waals surface area contributed by atoms with E-state index in [0.29, 0.717) is 18.0 Å². The summed E-state index contributed by atoms with van der Waals surface area (Å²) in [6.45, 7) is 9.59. The molecule has 4 aliphatic heterocycles. The fourth-order valence-corrected chi connectivity index (χ4v) is 7.05. The number of amides is 4. The van der Waals surface area contributed by atoms with E-state index in [9.17, 15) is 14.4 Å². The molecule has 3 unspecified atom stereocenters.